The molecule has 1 aromatic heterocycles. The van der Waals surface area contributed by atoms with Crippen molar-refractivity contribution < 1.29 is 21.7 Å². The minimum atomic E-state index is -4.41. The Morgan fingerprint density at radius 3 is 2.47 bits per heavy atom. The van der Waals surface area contributed by atoms with E-state index in [2.05, 4.69) is 15.3 Å². The van der Waals surface area contributed by atoms with Crippen molar-refractivity contribution in [2.45, 2.75) is 6.54 Å². The lowest BCUT2D eigenvalue weighted by Gasteiger charge is -1.98. The van der Waals surface area contributed by atoms with Crippen LogP contribution in [-0.2, 0) is 28.2 Å². The van der Waals surface area contributed by atoms with E-state index < -0.39 is 10.4 Å². The molecule has 0 aromatic carbocycles. The van der Waals surface area contributed by atoms with Crippen molar-refractivity contribution in [3.8, 4) is 0 Å². The first-order valence-corrected chi connectivity index (χ1v) is 5.35. The Kier molecular flexibility index (Phi) is 5.83. The third-order valence-corrected chi connectivity index (χ3v) is 1.78. The predicted octanol–water partition coefficient (Wildman–Crippen LogP) is -0.408. The van der Waals surface area contributed by atoms with Gasteiger partial charge in [-0.2, -0.15) is 0 Å². The van der Waals surface area contributed by atoms with E-state index in [0.29, 0.717) is 0 Å². The van der Waals surface area contributed by atoms with E-state index in [4.69, 9.17) is 0 Å². The van der Waals surface area contributed by atoms with Gasteiger partial charge in [0.15, 0.2) is 0 Å². The molecule has 0 N–H and O–H groups in total. The highest BCUT2D eigenvalue weighted by Crippen LogP contribution is 1.81. The summed E-state index contributed by atoms with van der Waals surface area (Å²) in [6.45, 7) is 4.52. The molecule has 0 aliphatic carbocycles. The maximum Gasteiger partial charge on any atom is 0.243 e. The smallest absolute Gasteiger partial charge is 0.243 e. The average Bonchev–Trinajstić information content (AvgIpc) is 2.52. The molecule has 0 atom stereocenters. The number of aryl methyl sites for hydroxylation is 1. The Morgan fingerprint density at radius 2 is 2.20 bits per heavy atom. The fraction of sp³-hybridized carbons (Fsp3) is 0.375. The first kappa shape index (κ1) is 13.8. The highest BCUT2D eigenvalue weighted by Gasteiger charge is 1.93. The molecular formula is C8H14N2O4S. The monoisotopic (exact) mass is 234 g/mol. The van der Waals surface area contributed by atoms with E-state index in [0.717, 1.165) is 13.7 Å². The molecule has 1 rings (SSSR count). The van der Waals surface area contributed by atoms with Crippen LogP contribution in [0, 0.1) is 0 Å². The Morgan fingerprint density at radius 1 is 1.67 bits per heavy atom. The normalized spacial score (nSPS) is 10.3. The number of imidazole rings is 1. The molecule has 0 aliphatic rings. The summed E-state index contributed by atoms with van der Waals surface area (Å²) in [7, 11) is -1.60. The van der Waals surface area contributed by atoms with Crippen molar-refractivity contribution in [1.29, 1.82) is 0 Å². The Labute approximate surface area is 89.4 Å². The zero-order chi connectivity index (χ0) is 11.9. The second-order valence-electron chi connectivity index (χ2n) is 2.64. The van der Waals surface area contributed by atoms with Crippen molar-refractivity contribution >= 4 is 10.4 Å². The number of nitrogens with zero attached hydrogens (tertiary/aromatic N) is 2. The van der Waals surface area contributed by atoms with Gasteiger partial charge in [-0.05, 0) is 0 Å². The van der Waals surface area contributed by atoms with Crippen LogP contribution >= 0.6 is 0 Å². The quantitative estimate of drug-likeness (QED) is 0.308. The zero-order valence-corrected chi connectivity index (χ0v) is 9.48. The van der Waals surface area contributed by atoms with Crippen LogP contribution in [0.5, 0.6) is 0 Å². The molecule has 1 heterocycles. The Balaban J connectivity index is 0.000000288. The van der Waals surface area contributed by atoms with Crippen LogP contribution in [0.3, 0.4) is 0 Å². The summed E-state index contributed by atoms with van der Waals surface area (Å²) in [5.74, 6) is 0. The molecule has 0 bridgehead atoms. The molecule has 15 heavy (non-hydrogen) atoms. The Hall–Kier alpha value is -1.18. The molecule has 0 amide bonds. The number of rotatable bonds is 3. The lowest BCUT2D eigenvalue weighted by molar-refractivity contribution is -0.671. The minimum absolute atomic E-state index is 0.808. The number of allylic oxidation sites excluding steroid dienone is 1. The minimum Gasteiger partial charge on any atom is -0.726 e. The predicted molar refractivity (Wildman–Crippen MR) is 52.5 cm³/mol. The van der Waals surface area contributed by atoms with Gasteiger partial charge in [0.2, 0.25) is 16.7 Å². The van der Waals surface area contributed by atoms with Gasteiger partial charge in [0.25, 0.3) is 0 Å². The summed E-state index contributed by atoms with van der Waals surface area (Å²) in [5, 5.41) is 0. The van der Waals surface area contributed by atoms with Crippen LogP contribution in [0.25, 0.3) is 0 Å². The first-order valence-electron chi connectivity index (χ1n) is 4.02. The standard InChI is InChI=1S/C7H11N2.CH4O4S/c1-3-4-9-6-5-8(2)7-9;1-5-6(2,3)4/h3,5-7H,1,4H2,2H3;1H3,(H,2,3,4)/q+1;/p-1. The second-order valence-corrected chi connectivity index (χ2v) is 3.79. The summed E-state index contributed by atoms with van der Waals surface area (Å²) >= 11 is 0. The van der Waals surface area contributed by atoms with Crippen molar-refractivity contribution in [2.75, 3.05) is 7.11 Å². The zero-order valence-electron chi connectivity index (χ0n) is 8.66. The van der Waals surface area contributed by atoms with Crippen molar-refractivity contribution in [3.05, 3.63) is 31.4 Å². The van der Waals surface area contributed by atoms with Crippen LogP contribution in [-0.4, -0.2) is 24.6 Å². The van der Waals surface area contributed by atoms with Gasteiger partial charge >= 0.3 is 0 Å². The van der Waals surface area contributed by atoms with E-state index in [1.807, 2.05) is 36.4 Å². The molecule has 7 heteroatoms. The SMILES string of the molecule is C=CCn1cc[n+](C)c1.COS(=O)(=O)[O-]. The van der Waals surface area contributed by atoms with Gasteiger partial charge in [0.05, 0.1) is 14.2 Å². The van der Waals surface area contributed by atoms with Gasteiger partial charge < -0.3 is 4.55 Å². The van der Waals surface area contributed by atoms with Crippen LogP contribution in [0.1, 0.15) is 0 Å². The molecule has 0 aliphatic heterocycles. The van der Waals surface area contributed by atoms with Gasteiger partial charge in [-0.15, -0.1) is 0 Å². The van der Waals surface area contributed by atoms with Gasteiger partial charge in [0, 0.05) is 0 Å². The van der Waals surface area contributed by atoms with Gasteiger partial charge in [-0.3, -0.25) is 4.18 Å². The lowest BCUT2D eigenvalue weighted by Crippen LogP contribution is -2.23. The summed E-state index contributed by atoms with van der Waals surface area (Å²) in [5.41, 5.74) is 0. The van der Waals surface area contributed by atoms with Crippen molar-refractivity contribution in [1.82, 2.24) is 4.57 Å². The van der Waals surface area contributed by atoms with Crippen LogP contribution in [0.4, 0.5) is 0 Å². The molecule has 0 radical (unpaired) electrons. The second kappa shape index (κ2) is 6.33. The maximum absolute atomic E-state index is 9.22. The summed E-state index contributed by atoms with van der Waals surface area (Å²) in [6.07, 6.45) is 7.91. The molecule has 0 spiro atoms. The van der Waals surface area contributed by atoms with Crippen LogP contribution < -0.4 is 4.57 Å². The molecule has 1 aromatic rings. The van der Waals surface area contributed by atoms with Gasteiger partial charge in [-0.25, -0.2) is 17.6 Å². The molecule has 0 saturated heterocycles. The topological polar surface area (TPSA) is 75.2 Å². The first-order chi connectivity index (χ1) is 6.89. The Bertz CT molecular complexity index is 397. The van der Waals surface area contributed by atoms with Crippen molar-refractivity contribution in [3.63, 3.8) is 0 Å². The van der Waals surface area contributed by atoms with Gasteiger partial charge in [-0.1, -0.05) is 12.7 Å². The van der Waals surface area contributed by atoms with E-state index in [1.165, 1.54) is 0 Å². The fourth-order valence-electron chi connectivity index (χ4n) is 0.759. The van der Waals surface area contributed by atoms with Crippen LogP contribution in [0.2, 0.25) is 0 Å². The summed E-state index contributed by atoms with van der Waals surface area (Å²) < 4.78 is 35.1. The lowest BCUT2D eigenvalue weighted by atomic mass is 10.6. The largest absolute Gasteiger partial charge is 0.726 e. The summed E-state index contributed by atoms with van der Waals surface area (Å²) in [4.78, 5) is 0. The van der Waals surface area contributed by atoms with E-state index in [9.17, 15) is 13.0 Å². The molecule has 0 unspecified atom stereocenters. The highest BCUT2D eigenvalue weighted by atomic mass is 32.3. The fourth-order valence-corrected chi connectivity index (χ4v) is 0.759. The number of hydrogen-bond donors (Lipinski definition) is 0. The number of aromatic nitrogens is 2. The van der Waals surface area contributed by atoms with Gasteiger partial charge in [0.1, 0.15) is 18.9 Å². The van der Waals surface area contributed by atoms with E-state index in [1.54, 1.807) is 0 Å². The van der Waals surface area contributed by atoms with E-state index >= 15 is 0 Å². The summed E-state index contributed by atoms with van der Waals surface area (Å²) in [6, 6.07) is 0. The third-order valence-electron chi connectivity index (χ3n) is 1.37. The van der Waals surface area contributed by atoms with Crippen molar-refractivity contribution in [2.24, 2.45) is 7.05 Å². The maximum atomic E-state index is 9.22. The van der Waals surface area contributed by atoms with E-state index in [-0.39, 0.29) is 0 Å². The average molecular weight is 234 g/mol. The van der Waals surface area contributed by atoms with Crippen LogP contribution in [0.15, 0.2) is 31.4 Å². The molecular weight excluding hydrogens is 220 g/mol. The molecule has 6 nitrogen and oxygen atoms in total. The highest BCUT2D eigenvalue weighted by molar-refractivity contribution is 7.80. The molecule has 0 saturated carbocycles. The molecule has 0 fully saturated rings. The molecule has 86 valence electrons. The third kappa shape index (κ3) is 7.86. The number of hydrogen-bond acceptors (Lipinski definition) is 4.